The number of hydrogen-bond acceptors (Lipinski definition) is 5. The molecule has 0 spiro atoms. The van der Waals surface area contributed by atoms with E-state index in [1.54, 1.807) is 0 Å². The van der Waals surface area contributed by atoms with E-state index < -0.39 is 0 Å². The Hall–Kier alpha value is -3.99. The van der Waals surface area contributed by atoms with E-state index in [-0.39, 0.29) is 47.9 Å². The Morgan fingerprint density at radius 3 is 2.08 bits per heavy atom. The first-order chi connectivity index (χ1) is 23.7. The van der Waals surface area contributed by atoms with Crippen LogP contribution >= 0.6 is 0 Å². The standard InChI is InChI=1S/C30H24NO2.C15H28O2.Ir/c1-18-27-25(33-29(18)26-17-20-10-6-8-12-24(20)32-26)13-14-31-28(27)21-15-19-9-5-7-11-22(19)23(16-21)30(2,3)4;1-7-14(5,8-2)12(16)11-13(17)15(6,9-3)10-4;/h5-14,16-17H,1-4H3;11,16H,7-10H2,1-6H3;/q-1;;/b;12-11-;. The van der Waals surface area contributed by atoms with Crippen LogP contribution in [0.1, 0.15) is 99.1 Å². The smallest absolute Gasteiger partial charge is 0.173 e. The number of rotatable bonds is 9. The number of furan rings is 2. The molecular formula is C45H52IrNO4-. The maximum Gasteiger partial charge on any atom is 0.173 e. The number of aliphatic hydroxyl groups excluding tert-OH is 1. The number of carbonyl (C=O) groups is 1. The fraction of sp³-hybridized carbons (Fsp3) is 0.378. The molecule has 3 aromatic heterocycles. The minimum absolute atomic E-state index is 0. The minimum atomic E-state index is -0.337. The topological polar surface area (TPSA) is 76.5 Å². The SMILES string of the molecule is CCC(C)(CC)C(=O)/C=C(\O)C(C)(CC)CC.Cc1c(-c2cc3ccccc3o2)oc2ccnc(-c3[c-]c4ccccc4c(C(C)(C)C)c3)c12.[Ir]. The number of aliphatic hydroxyl groups is 1. The third kappa shape index (κ3) is 7.93. The molecule has 3 heterocycles. The maximum atomic E-state index is 12.2. The van der Waals surface area contributed by atoms with E-state index in [4.69, 9.17) is 13.8 Å². The van der Waals surface area contributed by atoms with Crippen molar-refractivity contribution in [2.24, 2.45) is 10.8 Å². The molecule has 1 radical (unpaired) electrons. The molecular weight excluding hydrogens is 811 g/mol. The van der Waals surface area contributed by atoms with Gasteiger partial charge < -0.3 is 13.9 Å². The first kappa shape index (κ1) is 39.8. The van der Waals surface area contributed by atoms with Gasteiger partial charge in [0, 0.05) is 65.2 Å². The van der Waals surface area contributed by atoms with E-state index in [2.05, 4.69) is 64.1 Å². The number of fused-ring (bicyclic) bond motifs is 3. The summed E-state index contributed by atoms with van der Waals surface area (Å²) in [5, 5.41) is 14.5. The Bertz CT molecular complexity index is 2140. The van der Waals surface area contributed by atoms with Crippen LogP contribution in [0.3, 0.4) is 0 Å². The summed E-state index contributed by atoms with van der Waals surface area (Å²) in [5.74, 6) is 1.76. The van der Waals surface area contributed by atoms with E-state index in [1.807, 2.05) is 84.1 Å². The summed E-state index contributed by atoms with van der Waals surface area (Å²) in [6, 6.07) is 26.3. The number of para-hydroxylation sites is 1. The molecule has 271 valence electrons. The van der Waals surface area contributed by atoms with Crippen molar-refractivity contribution >= 4 is 38.5 Å². The predicted octanol–water partition coefficient (Wildman–Crippen LogP) is 13.1. The molecule has 1 N–H and O–H groups in total. The van der Waals surface area contributed by atoms with E-state index in [1.165, 1.54) is 17.0 Å². The summed E-state index contributed by atoms with van der Waals surface area (Å²) in [7, 11) is 0. The Labute approximate surface area is 316 Å². The first-order valence-electron chi connectivity index (χ1n) is 18.0. The molecule has 0 aliphatic heterocycles. The zero-order valence-corrected chi connectivity index (χ0v) is 34.2. The van der Waals surface area contributed by atoms with Gasteiger partial charge in [-0.2, -0.15) is 0 Å². The minimum Gasteiger partial charge on any atom is -0.512 e. The first-order valence-corrected chi connectivity index (χ1v) is 18.0. The van der Waals surface area contributed by atoms with Crippen molar-refractivity contribution in [3.05, 3.63) is 102 Å². The van der Waals surface area contributed by atoms with Crippen LogP contribution in [0.2, 0.25) is 0 Å². The molecule has 0 saturated carbocycles. The van der Waals surface area contributed by atoms with Gasteiger partial charge >= 0.3 is 0 Å². The molecule has 0 aliphatic carbocycles. The number of ketones is 1. The summed E-state index contributed by atoms with van der Waals surface area (Å²) in [5.41, 5.74) is 5.19. The van der Waals surface area contributed by atoms with Gasteiger partial charge in [-0.05, 0) is 56.2 Å². The van der Waals surface area contributed by atoms with Crippen LogP contribution in [-0.4, -0.2) is 15.9 Å². The molecule has 0 amide bonds. The monoisotopic (exact) mass is 863 g/mol. The van der Waals surface area contributed by atoms with Crippen molar-refractivity contribution in [2.45, 2.75) is 100 Å². The number of allylic oxidation sites excluding steroid dienone is 2. The van der Waals surface area contributed by atoms with Gasteiger partial charge in [0.15, 0.2) is 17.3 Å². The van der Waals surface area contributed by atoms with Crippen molar-refractivity contribution in [1.82, 2.24) is 4.98 Å². The maximum absolute atomic E-state index is 12.2. The number of hydrogen-bond donors (Lipinski definition) is 1. The summed E-state index contributed by atoms with van der Waals surface area (Å²) in [4.78, 5) is 17.0. The molecule has 0 saturated heterocycles. The number of aromatic nitrogens is 1. The quantitative estimate of drug-likeness (QED) is 0.0890. The molecule has 6 heteroatoms. The average Bonchev–Trinajstić information content (AvgIpc) is 3.71. The molecule has 0 aliphatic rings. The normalized spacial score (nSPS) is 12.5. The molecule has 0 bridgehead atoms. The van der Waals surface area contributed by atoms with Crippen molar-refractivity contribution in [1.29, 1.82) is 0 Å². The van der Waals surface area contributed by atoms with Crippen LogP contribution < -0.4 is 0 Å². The number of pyridine rings is 1. The van der Waals surface area contributed by atoms with E-state index in [0.29, 0.717) is 0 Å². The largest absolute Gasteiger partial charge is 0.512 e. The van der Waals surface area contributed by atoms with Crippen LogP contribution in [-0.2, 0) is 30.3 Å². The molecule has 6 aromatic rings. The molecule has 51 heavy (non-hydrogen) atoms. The molecule has 0 atom stereocenters. The predicted molar refractivity (Wildman–Crippen MR) is 208 cm³/mol. The van der Waals surface area contributed by atoms with E-state index in [9.17, 15) is 9.90 Å². The van der Waals surface area contributed by atoms with Crippen molar-refractivity contribution < 1.29 is 38.8 Å². The average molecular weight is 863 g/mol. The zero-order valence-electron chi connectivity index (χ0n) is 31.8. The second kappa shape index (κ2) is 15.7. The van der Waals surface area contributed by atoms with Gasteiger partial charge in [0.05, 0.1) is 0 Å². The van der Waals surface area contributed by atoms with Gasteiger partial charge in [-0.3, -0.25) is 9.78 Å². The Balaban J connectivity index is 0.000000279. The van der Waals surface area contributed by atoms with E-state index >= 15 is 0 Å². The van der Waals surface area contributed by atoms with Crippen LogP contribution in [0.15, 0.2) is 93.6 Å². The van der Waals surface area contributed by atoms with Crippen LogP contribution in [0.5, 0.6) is 0 Å². The third-order valence-electron chi connectivity index (χ3n) is 10.9. The molecule has 5 nitrogen and oxygen atoms in total. The molecule has 3 aromatic carbocycles. The fourth-order valence-corrected chi connectivity index (χ4v) is 6.39. The molecule has 6 rings (SSSR count). The van der Waals surface area contributed by atoms with Gasteiger partial charge in [-0.25, -0.2) is 0 Å². The number of aryl methyl sites for hydroxylation is 1. The van der Waals surface area contributed by atoms with Crippen molar-refractivity contribution in [3.8, 4) is 22.8 Å². The Kier molecular flexibility index (Phi) is 12.3. The summed E-state index contributed by atoms with van der Waals surface area (Å²) in [6.45, 7) is 20.9. The number of nitrogens with zero attached hydrogens (tertiary/aromatic N) is 1. The Morgan fingerprint density at radius 1 is 0.824 bits per heavy atom. The molecule has 0 fully saturated rings. The van der Waals surface area contributed by atoms with Crippen LogP contribution in [0, 0.1) is 23.8 Å². The van der Waals surface area contributed by atoms with Crippen LogP contribution in [0.4, 0.5) is 0 Å². The van der Waals surface area contributed by atoms with E-state index in [0.717, 1.165) is 81.3 Å². The number of carbonyl (C=O) groups excluding carboxylic acids is 1. The van der Waals surface area contributed by atoms with Gasteiger partial charge in [0.1, 0.15) is 16.9 Å². The third-order valence-corrected chi connectivity index (χ3v) is 10.9. The number of benzene rings is 3. The zero-order chi connectivity index (χ0) is 36.4. The van der Waals surface area contributed by atoms with Gasteiger partial charge in [-0.1, -0.05) is 110 Å². The van der Waals surface area contributed by atoms with Crippen LogP contribution in [0.25, 0.3) is 55.5 Å². The van der Waals surface area contributed by atoms with Gasteiger partial charge in [0.25, 0.3) is 0 Å². The summed E-state index contributed by atoms with van der Waals surface area (Å²) >= 11 is 0. The summed E-state index contributed by atoms with van der Waals surface area (Å²) < 4.78 is 12.4. The second-order valence-corrected chi connectivity index (χ2v) is 15.1. The van der Waals surface area contributed by atoms with Crippen molar-refractivity contribution in [3.63, 3.8) is 0 Å². The van der Waals surface area contributed by atoms with Gasteiger partial charge in [0.2, 0.25) is 0 Å². The molecule has 0 unspecified atom stereocenters. The fourth-order valence-electron chi connectivity index (χ4n) is 6.39. The van der Waals surface area contributed by atoms with Crippen molar-refractivity contribution in [2.75, 3.05) is 0 Å². The van der Waals surface area contributed by atoms with Gasteiger partial charge in [-0.15, -0.1) is 29.1 Å². The second-order valence-electron chi connectivity index (χ2n) is 15.1. The Morgan fingerprint density at radius 2 is 1.45 bits per heavy atom. The summed E-state index contributed by atoms with van der Waals surface area (Å²) in [6.07, 6.45) is 6.56.